The van der Waals surface area contributed by atoms with Gasteiger partial charge in [-0.3, -0.25) is 0 Å². The summed E-state index contributed by atoms with van der Waals surface area (Å²) in [5.41, 5.74) is 0.204. The largest absolute Gasteiger partial charge is 0.418 e. The molecule has 0 fully saturated rings. The summed E-state index contributed by atoms with van der Waals surface area (Å²) < 4.78 is 39.3. The van der Waals surface area contributed by atoms with Crippen molar-refractivity contribution >= 4 is 29.1 Å². The van der Waals surface area contributed by atoms with Gasteiger partial charge in [-0.2, -0.15) is 18.2 Å². The highest BCUT2D eigenvalue weighted by Crippen LogP contribution is 2.35. The third-order valence-electron chi connectivity index (χ3n) is 3.74. The first-order valence-electron chi connectivity index (χ1n) is 8.16. The maximum Gasteiger partial charge on any atom is 0.418 e. The Balaban J connectivity index is 1.66. The van der Waals surface area contributed by atoms with E-state index in [2.05, 4.69) is 20.6 Å². The first-order valence-corrected chi connectivity index (χ1v) is 8.54. The van der Waals surface area contributed by atoms with Gasteiger partial charge in [-0.25, -0.2) is 4.98 Å². The van der Waals surface area contributed by atoms with Crippen LogP contribution in [0.3, 0.4) is 0 Å². The summed E-state index contributed by atoms with van der Waals surface area (Å²) in [7, 11) is 0. The molecule has 0 unspecified atom stereocenters. The van der Waals surface area contributed by atoms with Crippen LogP contribution in [0, 0.1) is 0 Å². The number of benzene rings is 2. The average Bonchev–Trinajstić information content (AvgIpc) is 2.62. The molecule has 0 atom stereocenters. The molecule has 2 aromatic carbocycles. The molecule has 0 radical (unpaired) electrons. The van der Waals surface area contributed by atoms with Crippen molar-refractivity contribution in [2.24, 2.45) is 0 Å². The zero-order valence-electron chi connectivity index (χ0n) is 14.1. The summed E-state index contributed by atoms with van der Waals surface area (Å²) in [5, 5.41) is 6.43. The molecule has 0 bridgehead atoms. The Kier molecular flexibility index (Phi) is 5.81. The highest BCUT2D eigenvalue weighted by Gasteiger charge is 2.33. The number of anilines is 3. The Labute approximate surface area is 159 Å². The van der Waals surface area contributed by atoms with Crippen LogP contribution in [-0.2, 0) is 12.6 Å². The summed E-state index contributed by atoms with van der Waals surface area (Å²) in [6.07, 6.45) is -2.26. The molecule has 0 aliphatic rings. The number of nitrogens with one attached hydrogen (secondary N) is 2. The van der Waals surface area contributed by atoms with Crippen LogP contribution >= 0.6 is 11.6 Å². The van der Waals surface area contributed by atoms with E-state index in [4.69, 9.17) is 11.6 Å². The van der Waals surface area contributed by atoms with E-state index in [9.17, 15) is 13.2 Å². The summed E-state index contributed by atoms with van der Waals surface area (Å²) in [6.45, 7) is 0.593. The van der Waals surface area contributed by atoms with Gasteiger partial charge < -0.3 is 10.6 Å². The zero-order valence-corrected chi connectivity index (χ0v) is 14.8. The first kappa shape index (κ1) is 19.0. The Morgan fingerprint density at radius 3 is 2.59 bits per heavy atom. The predicted octanol–water partition coefficient (Wildman–Crippen LogP) is 5.55. The lowest BCUT2D eigenvalue weighted by Gasteiger charge is -2.14. The third-order valence-corrected chi connectivity index (χ3v) is 3.98. The standard InChI is InChI=1S/C19H16ClF3N4/c20-14-5-3-4-13(12-14)8-10-24-17-9-11-25-18(27-17)26-16-7-2-1-6-15(16)19(21,22)23/h1-7,9,11-12H,8,10H2,(H2,24,25,26,27). The molecule has 4 nitrogen and oxygen atoms in total. The molecule has 2 N–H and O–H groups in total. The number of nitrogens with zero attached hydrogens (tertiary/aromatic N) is 2. The van der Waals surface area contributed by atoms with E-state index >= 15 is 0 Å². The second-order valence-corrected chi connectivity index (χ2v) is 6.18. The van der Waals surface area contributed by atoms with Gasteiger partial charge >= 0.3 is 6.18 Å². The number of halogens is 4. The van der Waals surface area contributed by atoms with Crippen molar-refractivity contribution in [1.82, 2.24) is 9.97 Å². The van der Waals surface area contributed by atoms with Crippen molar-refractivity contribution in [2.45, 2.75) is 12.6 Å². The van der Waals surface area contributed by atoms with Crippen LogP contribution in [0.2, 0.25) is 5.02 Å². The van der Waals surface area contributed by atoms with E-state index < -0.39 is 11.7 Å². The Bertz CT molecular complexity index is 915. The van der Waals surface area contributed by atoms with E-state index in [1.54, 1.807) is 12.1 Å². The van der Waals surface area contributed by atoms with Gasteiger partial charge in [-0.1, -0.05) is 35.9 Å². The van der Waals surface area contributed by atoms with Crippen molar-refractivity contribution in [2.75, 3.05) is 17.2 Å². The van der Waals surface area contributed by atoms with E-state index in [0.29, 0.717) is 17.4 Å². The van der Waals surface area contributed by atoms with Gasteiger partial charge in [0.2, 0.25) is 5.95 Å². The fourth-order valence-corrected chi connectivity index (χ4v) is 2.72. The molecule has 0 aliphatic heterocycles. The molecule has 140 valence electrons. The lowest BCUT2D eigenvalue weighted by atomic mass is 10.1. The maximum atomic E-state index is 13.1. The summed E-state index contributed by atoms with van der Waals surface area (Å²) in [4.78, 5) is 8.20. The molecule has 1 aromatic heterocycles. The van der Waals surface area contributed by atoms with Gasteiger partial charge in [0, 0.05) is 17.8 Å². The number of alkyl halides is 3. The minimum atomic E-state index is -4.46. The van der Waals surface area contributed by atoms with Gasteiger partial charge in [0.05, 0.1) is 11.3 Å². The molecule has 27 heavy (non-hydrogen) atoms. The molecule has 0 saturated carbocycles. The minimum absolute atomic E-state index is 0.0828. The van der Waals surface area contributed by atoms with E-state index in [1.807, 2.05) is 18.2 Å². The van der Waals surface area contributed by atoms with Crippen LogP contribution in [0.4, 0.5) is 30.6 Å². The summed E-state index contributed by atoms with van der Waals surface area (Å²) >= 11 is 5.95. The average molecular weight is 393 g/mol. The molecule has 1 heterocycles. The third kappa shape index (κ3) is 5.34. The molecule has 0 spiro atoms. The van der Waals surface area contributed by atoms with Crippen LogP contribution in [0.25, 0.3) is 0 Å². The normalized spacial score (nSPS) is 11.3. The lowest BCUT2D eigenvalue weighted by Crippen LogP contribution is -2.11. The van der Waals surface area contributed by atoms with Gasteiger partial charge in [-0.05, 0) is 42.3 Å². The Morgan fingerprint density at radius 2 is 1.81 bits per heavy atom. The van der Waals surface area contributed by atoms with Crippen LogP contribution in [0.5, 0.6) is 0 Å². The van der Waals surface area contributed by atoms with Crippen LogP contribution in [-0.4, -0.2) is 16.5 Å². The van der Waals surface area contributed by atoms with Gasteiger partial charge in [0.15, 0.2) is 0 Å². The number of rotatable bonds is 6. The SMILES string of the molecule is FC(F)(F)c1ccccc1Nc1nccc(NCCc2cccc(Cl)c2)n1. The van der Waals surface area contributed by atoms with Gasteiger partial charge in [-0.15, -0.1) is 0 Å². The van der Waals surface area contributed by atoms with Gasteiger partial charge in [0.25, 0.3) is 0 Å². The maximum absolute atomic E-state index is 13.1. The quantitative estimate of drug-likeness (QED) is 0.577. The van der Waals surface area contributed by atoms with Crippen molar-refractivity contribution in [1.29, 1.82) is 0 Å². The van der Waals surface area contributed by atoms with Crippen molar-refractivity contribution < 1.29 is 13.2 Å². The second kappa shape index (κ2) is 8.26. The molecule has 3 rings (SSSR count). The molecular formula is C19H16ClF3N4. The Morgan fingerprint density at radius 1 is 1.00 bits per heavy atom. The highest BCUT2D eigenvalue weighted by atomic mass is 35.5. The molecular weight excluding hydrogens is 377 g/mol. The zero-order chi connectivity index (χ0) is 19.3. The Hall–Kier alpha value is -2.80. The molecule has 8 heteroatoms. The lowest BCUT2D eigenvalue weighted by molar-refractivity contribution is -0.136. The smallest absolute Gasteiger partial charge is 0.370 e. The number of hydrogen-bond donors (Lipinski definition) is 2. The molecule has 3 aromatic rings. The van der Waals surface area contributed by atoms with E-state index in [1.165, 1.54) is 24.4 Å². The molecule has 0 saturated heterocycles. The molecule has 0 aliphatic carbocycles. The minimum Gasteiger partial charge on any atom is -0.370 e. The molecule has 0 amide bonds. The van der Waals surface area contributed by atoms with Crippen molar-refractivity contribution in [3.8, 4) is 0 Å². The fourth-order valence-electron chi connectivity index (χ4n) is 2.50. The topological polar surface area (TPSA) is 49.8 Å². The first-order chi connectivity index (χ1) is 12.9. The predicted molar refractivity (Wildman–Crippen MR) is 100 cm³/mol. The fraction of sp³-hybridized carbons (Fsp3) is 0.158. The number of aromatic nitrogens is 2. The van der Waals surface area contributed by atoms with Crippen LogP contribution in [0.15, 0.2) is 60.8 Å². The second-order valence-electron chi connectivity index (χ2n) is 5.74. The van der Waals surface area contributed by atoms with Crippen molar-refractivity contribution in [3.05, 3.63) is 76.9 Å². The van der Waals surface area contributed by atoms with E-state index in [-0.39, 0.29) is 11.6 Å². The van der Waals surface area contributed by atoms with Crippen LogP contribution < -0.4 is 10.6 Å². The number of para-hydroxylation sites is 1. The van der Waals surface area contributed by atoms with Crippen molar-refractivity contribution in [3.63, 3.8) is 0 Å². The summed E-state index contributed by atoms with van der Waals surface area (Å²) in [6, 6.07) is 14.4. The summed E-state index contributed by atoms with van der Waals surface area (Å²) in [5.74, 6) is 0.596. The number of hydrogen-bond acceptors (Lipinski definition) is 4. The van der Waals surface area contributed by atoms with E-state index in [0.717, 1.165) is 18.1 Å². The monoisotopic (exact) mass is 392 g/mol. The highest BCUT2D eigenvalue weighted by molar-refractivity contribution is 6.30. The van der Waals surface area contributed by atoms with Crippen LogP contribution in [0.1, 0.15) is 11.1 Å². The van der Waals surface area contributed by atoms with Gasteiger partial charge in [0.1, 0.15) is 5.82 Å².